The molecule has 0 radical (unpaired) electrons. The van der Waals surface area contributed by atoms with E-state index in [1.807, 2.05) is 5.38 Å². The van der Waals surface area contributed by atoms with Gasteiger partial charge in [-0.05, 0) is 39.2 Å². The Hall–Kier alpha value is -0.980. The molecule has 112 valence electrons. The molecule has 2 rings (SSSR count). The zero-order valence-electron chi connectivity index (χ0n) is 12.4. The quantitative estimate of drug-likeness (QED) is 0.685. The molecule has 5 nitrogen and oxygen atoms in total. The normalized spacial score (nSPS) is 18.4. The van der Waals surface area contributed by atoms with Gasteiger partial charge in [-0.25, -0.2) is 0 Å². The molecule has 0 amide bonds. The fraction of sp³-hybridized carbons (Fsp3) is 0.714. The van der Waals surface area contributed by atoms with Gasteiger partial charge >= 0.3 is 5.00 Å². The summed E-state index contributed by atoms with van der Waals surface area (Å²) < 4.78 is 0. The molecule has 1 fully saturated rings. The van der Waals surface area contributed by atoms with Gasteiger partial charge in [-0.1, -0.05) is 11.3 Å². The van der Waals surface area contributed by atoms with Crippen molar-refractivity contribution in [3.8, 4) is 0 Å². The average Bonchev–Trinajstić information content (AvgIpc) is 2.85. The number of likely N-dealkylation sites (tertiary alicyclic amines) is 1. The number of piperidine rings is 1. The van der Waals surface area contributed by atoms with E-state index in [0.717, 1.165) is 38.0 Å². The summed E-state index contributed by atoms with van der Waals surface area (Å²) >= 11 is 1.20. The lowest BCUT2D eigenvalue weighted by Crippen LogP contribution is -2.49. The second-order valence-corrected chi connectivity index (χ2v) is 7.25. The minimum Gasteiger partial charge on any atom is -0.310 e. The molecule has 0 aliphatic carbocycles. The Balaban J connectivity index is 1.77. The molecule has 0 atom stereocenters. The SMILES string of the molecule is CC(C)(C)N1CCC(NCc2csc([N+](=O)[O-])c2)CC1. The first-order chi connectivity index (χ1) is 9.36. The van der Waals surface area contributed by atoms with Gasteiger partial charge in [-0.3, -0.25) is 15.0 Å². The second-order valence-electron chi connectivity index (χ2n) is 6.36. The van der Waals surface area contributed by atoms with Gasteiger partial charge in [-0.2, -0.15) is 0 Å². The van der Waals surface area contributed by atoms with Crippen molar-refractivity contribution in [3.63, 3.8) is 0 Å². The summed E-state index contributed by atoms with van der Waals surface area (Å²) in [6, 6.07) is 2.19. The van der Waals surface area contributed by atoms with Crippen LogP contribution in [-0.2, 0) is 6.54 Å². The van der Waals surface area contributed by atoms with Crippen LogP contribution in [0.1, 0.15) is 39.2 Å². The fourth-order valence-electron chi connectivity index (χ4n) is 2.57. The molecule has 1 N–H and O–H groups in total. The van der Waals surface area contributed by atoms with Gasteiger partial charge in [-0.15, -0.1) is 0 Å². The van der Waals surface area contributed by atoms with E-state index in [4.69, 9.17) is 0 Å². The highest BCUT2D eigenvalue weighted by Crippen LogP contribution is 2.23. The van der Waals surface area contributed by atoms with E-state index in [0.29, 0.717) is 6.04 Å². The Labute approximate surface area is 124 Å². The molecule has 6 heteroatoms. The first-order valence-corrected chi connectivity index (χ1v) is 7.94. The number of rotatable bonds is 4. The van der Waals surface area contributed by atoms with Crippen molar-refractivity contribution in [3.05, 3.63) is 27.1 Å². The Morgan fingerprint density at radius 1 is 1.45 bits per heavy atom. The third-order valence-electron chi connectivity index (χ3n) is 3.86. The van der Waals surface area contributed by atoms with E-state index >= 15 is 0 Å². The number of hydrogen-bond donors (Lipinski definition) is 1. The Bertz CT molecular complexity index is 459. The number of hydrogen-bond acceptors (Lipinski definition) is 5. The minimum atomic E-state index is -0.323. The second kappa shape index (κ2) is 6.20. The maximum Gasteiger partial charge on any atom is 0.324 e. The van der Waals surface area contributed by atoms with E-state index in [1.165, 1.54) is 11.3 Å². The number of nitrogens with zero attached hydrogens (tertiary/aromatic N) is 2. The zero-order chi connectivity index (χ0) is 14.8. The van der Waals surface area contributed by atoms with Crippen LogP contribution in [0.15, 0.2) is 11.4 Å². The summed E-state index contributed by atoms with van der Waals surface area (Å²) in [4.78, 5) is 12.8. The Kier molecular flexibility index (Phi) is 4.78. The average molecular weight is 297 g/mol. The topological polar surface area (TPSA) is 58.4 Å². The third kappa shape index (κ3) is 4.01. The van der Waals surface area contributed by atoms with Crippen molar-refractivity contribution in [2.45, 2.75) is 51.7 Å². The van der Waals surface area contributed by atoms with Crippen LogP contribution in [-0.4, -0.2) is 34.5 Å². The van der Waals surface area contributed by atoms with Crippen LogP contribution in [0.4, 0.5) is 5.00 Å². The van der Waals surface area contributed by atoms with Crippen molar-refractivity contribution in [2.75, 3.05) is 13.1 Å². The van der Waals surface area contributed by atoms with Crippen LogP contribution >= 0.6 is 11.3 Å². The molecular weight excluding hydrogens is 274 g/mol. The zero-order valence-corrected chi connectivity index (χ0v) is 13.2. The van der Waals surface area contributed by atoms with Crippen LogP contribution in [0.2, 0.25) is 0 Å². The lowest BCUT2D eigenvalue weighted by atomic mass is 9.98. The Morgan fingerprint density at radius 2 is 2.10 bits per heavy atom. The molecular formula is C14H23N3O2S. The summed E-state index contributed by atoms with van der Waals surface area (Å²) in [5.41, 5.74) is 1.26. The van der Waals surface area contributed by atoms with Crippen molar-refractivity contribution < 1.29 is 4.92 Å². The third-order valence-corrected chi connectivity index (χ3v) is 4.79. The molecule has 1 aromatic heterocycles. The van der Waals surface area contributed by atoms with Crippen LogP contribution in [0.5, 0.6) is 0 Å². The van der Waals surface area contributed by atoms with E-state index in [1.54, 1.807) is 6.07 Å². The van der Waals surface area contributed by atoms with Gasteiger partial charge in [0, 0.05) is 42.7 Å². The van der Waals surface area contributed by atoms with Crippen molar-refractivity contribution >= 4 is 16.3 Å². The van der Waals surface area contributed by atoms with Gasteiger partial charge in [0.2, 0.25) is 0 Å². The van der Waals surface area contributed by atoms with Gasteiger partial charge in [0.1, 0.15) is 0 Å². The van der Waals surface area contributed by atoms with Crippen molar-refractivity contribution in [1.29, 1.82) is 0 Å². The molecule has 1 aliphatic rings. The van der Waals surface area contributed by atoms with E-state index in [9.17, 15) is 10.1 Å². The molecule has 1 aromatic rings. The lowest BCUT2D eigenvalue weighted by Gasteiger charge is -2.41. The highest BCUT2D eigenvalue weighted by atomic mass is 32.1. The van der Waals surface area contributed by atoms with Crippen LogP contribution < -0.4 is 5.32 Å². The van der Waals surface area contributed by atoms with E-state index < -0.39 is 0 Å². The molecule has 2 heterocycles. The molecule has 1 saturated heterocycles. The lowest BCUT2D eigenvalue weighted by molar-refractivity contribution is -0.380. The maximum absolute atomic E-state index is 10.6. The largest absolute Gasteiger partial charge is 0.324 e. The highest BCUT2D eigenvalue weighted by molar-refractivity contribution is 7.13. The van der Waals surface area contributed by atoms with Gasteiger partial charge < -0.3 is 5.32 Å². The monoisotopic (exact) mass is 297 g/mol. The predicted octanol–water partition coefficient (Wildman–Crippen LogP) is 3.01. The summed E-state index contributed by atoms with van der Waals surface area (Å²) in [6.45, 7) is 9.72. The number of thiophene rings is 1. The van der Waals surface area contributed by atoms with E-state index in [-0.39, 0.29) is 15.5 Å². The maximum atomic E-state index is 10.6. The van der Waals surface area contributed by atoms with Crippen molar-refractivity contribution in [1.82, 2.24) is 10.2 Å². The summed E-state index contributed by atoms with van der Waals surface area (Å²) in [6.07, 6.45) is 2.28. The molecule has 0 unspecified atom stereocenters. The fourth-order valence-corrected chi connectivity index (χ4v) is 3.30. The molecule has 20 heavy (non-hydrogen) atoms. The first kappa shape index (κ1) is 15.4. The highest BCUT2D eigenvalue weighted by Gasteiger charge is 2.26. The Morgan fingerprint density at radius 3 is 2.60 bits per heavy atom. The first-order valence-electron chi connectivity index (χ1n) is 7.06. The molecule has 0 saturated carbocycles. The number of nitro groups is 1. The summed E-state index contributed by atoms with van der Waals surface area (Å²) in [7, 11) is 0. The van der Waals surface area contributed by atoms with Crippen molar-refractivity contribution in [2.24, 2.45) is 0 Å². The minimum absolute atomic E-state index is 0.226. The van der Waals surface area contributed by atoms with Crippen LogP contribution in [0.3, 0.4) is 0 Å². The molecule has 0 bridgehead atoms. The number of nitrogens with one attached hydrogen (secondary N) is 1. The summed E-state index contributed by atoms with van der Waals surface area (Å²) in [5, 5.41) is 16.3. The molecule has 0 spiro atoms. The molecule has 1 aliphatic heterocycles. The van der Waals surface area contributed by atoms with Gasteiger partial charge in [0.15, 0.2) is 0 Å². The smallest absolute Gasteiger partial charge is 0.310 e. The summed E-state index contributed by atoms with van der Waals surface area (Å²) in [5.74, 6) is 0. The van der Waals surface area contributed by atoms with Gasteiger partial charge in [0.05, 0.1) is 4.92 Å². The van der Waals surface area contributed by atoms with Crippen LogP contribution in [0.25, 0.3) is 0 Å². The standard InChI is InChI=1S/C14H23N3O2S/c1-14(2,3)16-6-4-12(5-7-16)15-9-11-8-13(17(18)19)20-10-11/h8,10,12,15H,4-7,9H2,1-3H3. The predicted molar refractivity (Wildman–Crippen MR) is 82.2 cm³/mol. The van der Waals surface area contributed by atoms with Crippen LogP contribution in [0, 0.1) is 10.1 Å². The van der Waals surface area contributed by atoms with E-state index in [2.05, 4.69) is 31.0 Å². The van der Waals surface area contributed by atoms with Gasteiger partial charge in [0.25, 0.3) is 0 Å². The molecule has 0 aromatic carbocycles.